The molecule has 1 atom stereocenters. The minimum atomic E-state index is -0.986. The molecular weight excluding hydrogens is 370 g/mol. The lowest BCUT2D eigenvalue weighted by Crippen LogP contribution is -2.34. The zero-order valence-electron chi connectivity index (χ0n) is 14.3. The molecule has 3 N–H and O–H groups in total. The number of nitrogens with one attached hydrogen (secondary N) is 2. The van der Waals surface area contributed by atoms with Gasteiger partial charge in [-0.3, -0.25) is 9.89 Å². The molecule has 0 fully saturated rings. The Morgan fingerprint density at radius 1 is 1.15 bits per heavy atom. The Labute approximate surface area is 159 Å². The lowest BCUT2D eigenvalue weighted by atomic mass is 10.1. The van der Waals surface area contributed by atoms with E-state index in [9.17, 15) is 14.7 Å². The maximum Gasteiger partial charge on any atom is 0.333 e. The number of rotatable bonds is 5. The summed E-state index contributed by atoms with van der Waals surface area (Å²) in [7, 11) is 1.25. The number of amides is 1. The average Bonchev–Trinajstić information content (AvgIpc) is 3.17. The van der Waals surface area contributed by atoms with Crippen LogP contribution in [0.25, 0.3) is 11.3 Å². The van der Waals surface area contributed by atoms with Crippen LogP contribution in [0.15, 0.2) is 54.6 Å². The SMILES string of the molecule is COC(=O)[C@@H](NC(=O)c1cc(-c2ccc(O)cc2)n[nH]1)c1ccc(Cl)cc1. The summed E-state index contributed by atoms with van der Waals surface area (Å²) >= 11 is 5.87. The number of benzene rings is 2. The van der Waals surface area contributed by atoms with Crippen molar-refractivity contribution in [2.75, 3.05) is 7.11 Å². The Morgan fingerprint density at radius 3 is 2.44 bits per heavy atom. The van der Waals surface area contributed by atoms with E-state index >= 15 is 0 Å². The topological polar surface area (TPSA) is 104 Å². The Bertz CT molecular complexity index is 952. The molecule has 1 amide bonds. The molecule has 0 aliphatic carbocycles. The number of ether oxygens (including phenoxy) is 1. The fourth-order valence-electron chi connectivity index (χ4n) is 2.48. The molecule has 1 aromatic heterocycles. The Balaban J connectivity index is 1.80. The van der Waals surface area contributed by atoms with Crippen molar-refractivity contribution in [3.8, 4) is 17.0 Å². The van der Waals surface area contributed by atoms with E-state index in [1.54, 1.807) is 42.5 Å². The van der Waals surface area contributed by atoms with Gasteiger partial charge in [0.25, 0.3) is 5.91 Å². The number of phenols is 1. The zero-order valence-corrected chi connectivity index (χ0v) is 15.0. The van der Waals surface area contributed by atoms with Crippen molar-refractivity contribution in [1.29, 1.82) is 0 Å². The minimum absolute atomic E-state index is 0.135. The molecule has 3 aromatic rings. The molecule has 0 aliphatic heterocycles. The number of hydrogen-bond donors (Lipinski definition) is 3. The van der Waals surface area contributed by atoms with E-state index in [4.69, 9.17) is 16.3 Å². The van der Waals surface area contributed by atoms with Crippen molar-refractivity contribution in [2.24, 2.45) is 0 Å². The second-order valence-corrected chi connectivity index (χ2v) is 6.13. The number of aromatic hydroxyl groups is 1. The molecular formula is C19H16ClN3O4. The predicted molar refractivity (Wildman–Crippen MR) is 99.4 cm³/mol. The van der Waals surface area contributed by atoms with Gasteiger partial charge in [0.05, 0.1) is 12.8 Å². The van der Waals surface area contributed by atoms with Crippen LogP contribution in [0.5, 0.6) is 5.75 Å². The molecule has 0 saturated heterocycles. The third-order valence-electron chi connectivity index (χ3n) is 3.90. The number of carbonyl (C=O) groups excluding carboxylic acids is 2. The number of aromatic nitrogens is 2. The number of methoxy groups -OCH3 is 1. The third kappa shape index (κ3) is 4.27. The number of halogens is 1. The minimum Gasteiger partial charge on any atom is -0.508 e. The van der Waals surface area contributed by atoms with Crippen molar-refractivity contribution >= 4 is 23.5 Å². The third-order valence-corrected chi connectivity index (χ3v) is 4.15. The van der Waals surface area contributed by atoms with Gasteiger partial charge in [-0.25, -0.2) is 4.79 Å². The van der Waals surface area contributed by atoms with Crippen LogP contribution in [0.1, 0.15) is 22.1 Å². The summed E-state index contributed by atoms with van der Waals surface area (Å²) in [6, 6.07) is 13.5. The number of aromatic amines is 1. The first-order chi connectivity index (χ1) is 13.0. The molecule has 0 saturated carbocycles. The van der Waals surface area contributed by atoms with Gasteiger partial charge in [0, 0.05) is 10.6 Å². The van der Waals surface area contributed by atoms with E-state index in [1.165, 1.54) is 19.2 Å². The summed E-state index contributed by atoms with van der Waals surface area (Å²) in [5.74, 6) is -0.988. The van der Waals surface area contributed by atoms with Gasteiger partial charge in [-0.1, -0.05) is 23.7 Å². The summed E-state index contributed by atoms with van der Waals surface area (Å²) in [5.41, 5.74) is 1.98. The van der Waals surface area contributed by atoms with Crippen molar-refractivity contribution in [3.63, 3.8) is 0 Å². The maximum absolute atomic E-state index is 12.6. The second kappa shape index (κ2) is 7.92. The summed E-state index contributed by atoms with van der Waals surface area (Å²) < 4.78 is 4.78. The summed E-state index contributed by atoms with van der Waals surface area (Å²) in [4.78, 5) is 24.7. The lowest BCUT2D eigenvalue weighted by molar-refractivity contribution is -0.143. The monoisotopic (exact) mass is 385 g/mol. The van der Waals surface area contributed by atoms with E-state index in [0.29, 0.717) is 16.3 Å². The van der Waals surface area contributed by atoms with E-state index in [0.717, 1.165) is 5.56 Å². The molecule has 8 heteroatoms. The molecule has 0 bridgehead atoms. The van der Waals surface area contributed by atoms with Gasteiger partial charge in [-0.15, -0.1) is 0 Å². The van der Waals surface area contributed by atoms with Gasteiger partial charge in [0.1, 0.15) is 11.4 Å². The highest BCUT2D eigenvalue weighted by atomic mass is 35.5. The van der Waals surface area contributed by atoms with Crippen LogP contribution < -0.4 is 5.32 Å². The van der Waals surface area contributed by atoms with Gasteiger partial charge < -0.3 is 15.2 Å². The van der Waals surface area contributed by atoms with Gasteiger partial charge in [0.2, 0.25) is 0 Å². The zero-order chi connectivity index (χ0) is 19.4. The quantitative estimate of drug-likeness (QED) is 0.585. The fourth-order valence-corrected chi connectivity index (χ4v) is 2.60. The van der Waals surface area contributed by atoms with Crippen LogP contribution in [-0.4, -0.2) is 34.3 Å². The van der Waals surface area contributed by atoms with Gasteiger partial charge >= 0.3 is 5.97 Å². The molecule has 0 aliphatic rings. The standard InChI is InChI=1S/C19H16ClN3O4/c1-27-19(26)17(12-2-6-13(20)7-3-12)21-18(25)16-10-15(22-23-16)11-4-8-14(24)9-5-11/h2-10,17,24H,1H3,(H,21,25)(H,22,23)/t17-/m0/s1. The van der Waals surface area contributed by atoms with Crippen LogP contribution in [0, 0.1) is 0 Å². The first-order valence-corrected chi connectivity index (χ1v) is 8.34. The molecule has 0 spiro atoms. The Morgan fingerprint density at radius 2 is 1.81 bits per heavy atom. The van der Waals surface area contributed by atoms with Crippen LogP contribution >= 0.6 is 11.6 Å². The van der Waals surface area contributed by atoms with E-state index in [1.807, 2.05) is 0 Å². The second-order valence-electron chi connectivity index (χ2n) is 5.69. The lowest BCUT2D eigenvalue weighted by Gasteiger charge is -2.16. The maximum atomic E-state index is 12.6. The summed E-state index contributed by atoms with van der Waals surface area (Å²) in [6.07, 6.45) is 0. The fraction of sp³-hybridized carbons (Fsp3) is 0.105. The van der Waals surface area contributed by atoms with Crippen LogP contribution in [0.3, 0.4) is 0 Å². The van der Waals surface area contributed by atoms with Crippen LogP contribution in [0.4, 0.5) is 0 Å². The number of esters is 1. The van der Waals surface area contributed by atoms with Gasteiger partial charge in [0.15, 0.2) is 6.04 Å². The average molecular weight is 386 g/mol. The molecule has 0 unspecified atom stereocenters. The number of hydrogen-bond acceptors (Lipinski definition) is 5. The number of nitrogens with zero attached hydrogens (tertiary/aromatic N) is 1. The van der Waals surface area contributed by atoms with E-state index in [2.05, 4.69) is 15.5 Å². The highest BCUT2D eigenvalue weighted by Gasteiger charge is 2.25. The van der Waals surface area contributed by atoms with Crippen molar-refractivity contribution in [3.05, 3.63) is 70.9 Å². The van der Waals surface area contributed by atoms with Crippen LogP contribution in [0.2, 0.25) is 5.02 Å². The first kappa shape index (κ1) is 18.5. The number of H-pyrrole nitrogens is 1. The molecule has 7 nitrogen and oxygen atoms in total. The van der Waals surface area contributed by atoms with Crippen molar-refractivity contribution in [1.82, 2.24) is 15.5 Å². The Hall–Kier alpha value is -3.32. The normalized spacial score (nSPS) is 11.6. The Kier molecular flexibility index (Phi) is 5.42. The highest BCUT2D eigenvalue weighted by molar-refractivity contribution is 6.30. The van der Waals surface area contributed by atoms with E-state index < -0.39 is 17.9 Å². The highest BCUT2D eigenvalue weighted by Crippen LogP contribution is 2.22. The first-order valence-electron chi connectivity index (χ1n) is 7.97. The molecule has 27 heavy (non-hydrogen) atoms. The molecule has 3 rings (SSSR count). The van der Waals surface area contributed by atoms with E-state index in [-0.39, 0.29) is 11.4 Å². The largest absolute Gasteiger partial charge is 0.508 e. The summed E-state index contributed by atoms with van der Waals surface area (Å²) in [6.45, 7) is 0. The van der Waals surface area contributed by atoms with Crippen molar-refractivity contribution < 1.29 is 19.4 Å². The van der Waals surface area contributed by atoms with Gasteiger partial charge in [-0.05, 0) is 48.0 Å². The number of carbonyl (C=O) groups is 2. The molecule has 138 valence electrons. The van der Waals surface area contributed by atoms with Gasteiger partial charge in [-0.2, -0.15) is 5.10 Å². The number of phenolic OH excluding ortho intramolecular Hbond substituents is 1. The van der Waals surface area contributed by atoms with Crippen LogP contribution in [-0.2, 0) is 9.53 Å². The predicted octanol–water partition coefficient (Wildman–Crippen LogP) is 3.08. The smallest absolute Gasteiger partial charge is 0.333 e. The van der Waals surface area contributed by atoms with Crippen molar-refractivity contribution in [2.45, 2.75) is 6.04 Å². The molecule has 2 aromatic carbocycles. The molecule has 0 radical (unpaired) electrons. The molecule has 1 heterocycles. The summed E-state index contributed by atoms with van der Waals surface area (Å²) in [5, 5.41) is 19.2.